The average Bonchev–Trinajstić information content (AvgIpc) is 1.53. The number of fused-ring (bicyclic) bond motifs is 15. The molecule has 26 aromatic rings. The maximum Gasteiger partial charge on any atom is 0.238 e. The van der Waals surface area contributed by atoms with E-state index >= 15 is 0 Å². The van der Waals surface area contributed by atoms with Crippen molar-refractivity contribution in [3.63, 3.8) is 0 Å². The van der Waals surface area contributed by atoms with Gasteiger partial charge in [-0.15, -0.1) is 0 Å². The first-order valence-corrected chi connectivity index (χ1v) is 43.2. The van der Waals surface area contributed by atoms with Crippen LogP contribution in [-0.2, 0) is 0 Å². The zero-order valence-electron chi connectivity index (χ0n) is 69.5. The number of aromatic nitrogens is 20. The van der Waals surface area contributed by atoms with Crippen molar-refractivity contribution < 1.29 is 0 Å². The van der Waals surface area contributed by atoms with Crippen molar-refractivity contribution in [2.75, 3.05) is 0 Å². The predicted molar refractivity (Wildman–Crippen MR) is 519 cm³/mol. The van der Waals surface area contributed by atoms with Gasteiger partial charge in [-0.1, -0.05) is 340 Å². The van der Waals surface area contributed by atoms with E-state index in [1.807, 2.05) is 303 Å². The summed E-state index contributed by atoms with van der Waals surface area (Å²) in [5.41, 5.74) is 16.6. The van der Waals surface area contributed by atoms with Gasteiger partial charge in [0.25, 0.3) is 0 Å². The van der Waals surface area contributed by atoms with Gasteiger partial charge in [-0.05, 0) is 60.7 Å². The van der Waals surface area contributed by atoms with E-state index < -0.39 is 0 Å². The molecule has 0 N–H and O–H groups in total. The zero-order chi connectivity index (χ0) is 86.1. The van der Waals surface area contributed by atoms with Crippen LogP contribution < -0.4 is 0 Å². The summed E-state index contributed by atoms with van der Waals surface area (Å²) in [4.78, 5) is 82.0. The summed E-state index contributed by atoms with van der Waals surface area (Å²) in [5, 5.41) is 8.96. The van der Waals surface area contributed by atoms with E-state index in [2.05, 4.69) is 120 Å². The van der Waals surface area contributed by atoms with E-state index in [0.717, 1.165) is 165 Å². The van der Waals surface area contributed by atoms with Crippen LogP contribution >= 0.6 is 0 Å². The minimum absolute atomic E-state index is 0.375. The van der Waals surface area contributed by atoms with Crippen molar-refractivity contribution in [3.05, 3.63) is 400 Å². The molecule has 26 rings (SSSR count). The molecule has 610 valence electrons. The van der Waals surface area contributed by atoms with Crippen molar-refractivity contribution in [1.29, 1.82) is 0 Å². The van der Waals surface area contributed by atoms with Gasteiger partial charge in [0.15, 0.2) is 58.2 Å². The number of hydrogen-bond acceptors (Lipinski definition) is 15. The van der Waals surface area contributed by atoms with Crippen LogP contribution in [0.25, 0.3) is 253 Å². The van der Waals surface area contributed by atoms with Crippen LogP contribution in [0.15, 0.2) is 400 Å². The standard InChI is InChI=1S/C111H66N20/c1-11-35-67(36-12-1)97-112-98(68-37-13-2-14-38-68)118-107(117-97)127-87-57-33-31-55-77(87)79-59-91-81(61-89(79)127)83-63-95-85(65-93(83)129(91)109-121-101(71-43-19-5-20-44-71)114-102(122-109)72-45-21-6-22-46-72)86-66-94-84(64-96(86)131(95)111-125-105(75-51-27-9-28-52-75)116-106(126-111)76-53-29-10-30-54-76)82-62-90-80(60-92(82)130(94)110-123-103(73-47-23-7-24-48-73)115-104(124-110)74-49-25-8-26-50-74)78-56-32-34-58-88(78)128(90)108-119-99(69-39-15-3-16-40-69)113-100(120-108)70-41-17-4-18-42-70/h1-66H. The molecule has 0 fully saturated rings. The minimum atomic E-state index is 0.375. The Kier molecular flexibility index (Phi) is 17.1. The molecule has 0 saturated carbocycles. The fourth-order valence-electron chi connectivity index (χ4n) is 18.5. The second-order valence-electron chi connectivity index (χ2n) is 32.3. The van der Waals surface area contributed by atoms with Crippen molar-refractivity contribution in [2.24, 2.45) is 0 Å². The number of rotatable bonds is 15. The molecule has 0 aliphatic carbocycles. The number of hydrogen-bond donors (Lipinski definition) is 0. The third-order valence-corrected chi connectivity index (χ3v) is 24.6. The maximum absolute atomic E-state index is 5.68. The molecule has 131 heavy (non-hydrogen) atoms. The SMILES string of the molecule is c1ccc(-c2nc(-c3ccccc3)nc(-n3c4ccccc4c4cc5c(cc43)c3cc4c(cc3n5-c3nc(-c5ccccc5)nc(-c5ccccc5)n3)c3cc5c(cc3n4-c3nc(-c4ccccc4)nc(-c4ccccc4)n3)c3cc4c(cc3n5-c3nc(-c5ccccc5)nc(-c5ccccc5)n3)c3ccccc3n4-c3nc(-c4ccccc4)nc(-c4ccccc4)n3)n2)cc1. The second-order valence-corrected chi connectivity index (χ2v) is 32.3. The van der Waals surface area contributed by atoms with Crippen LogP contribution in [0, 0.1) is 0 Å². The highest BCUT2D eigenvalue weighted by atomic mass is 15.3. The molecular formula is C111H66N20. The molecule has 0 aliphatic rings. The Hall–Kier alpha value is -18.4. The van der Waals surface area contributed by atoms with Crippen LogP contribution in [0.5, 0.6) is 0 Å². The van der Waals surface area contributed by atoms with Gasteiger partial charge in [0.2, 0.25) is 29.7 Å². The smallest absolute Gasteiger partial charge is 0.238 e. The Morgan fingerprint density at radius 3 is 0.382 bits per heavy atom. The molecule has 0 atom stereocenters. The highest BCUT2D eigenvalue weighted by Crippen LogP contribution is 2.48. The van der Waals surface area contributed by atoms with Crippen LogP contribution in [0.2, 0.25) is 0 Å². The summed E-state index contributed by atoms with van der Waals surface area (Å²) >= 11 is 0. The molecule has 10 heterocycles. The Bertz CT molecular complexity index is 8300. The van der Waals surface area contributed by atoms with Gasteiger partial charge >= 0.3 is 0 Å². The Balaban J connectivity index is 0.832. The monoisotopic (exact) mass is 1680 g/mol. The van der Waals surface area contributed by atoms with Crippen molar-refractivity contribution in [2.45, 2.75) is 0 Å². The van der Waals surface area contributed by atoms with Gasteiger partial charge in [-0.3, -0.25) is 22.8 Å². The molecule has 0 radical (unpaired) electrons. The van der Waals surface area contributed by atoms with Crippen LogP contribution in [0.4, 0.5) is 0 Å². The molecule has 0 unspecified atom stereocenters. The largest absolute Gasteiger partial charge is 0.278 e. The molecule has 0 amide bonds. The van der Waals surface area contributed by atoms with E-state index in [0.29, 0.717) is 88.0 Å². The van der Waals surface area contributed by atoms with Crippen molar-refractivity contribution in [1.82, 2.24) is 97.6 Å². The first-order valence-electron chi connectivity index (χ1n) is 43.2. The maximum atomic E-state index is 5.68. The summed E-state index contributed by atoms with van der Waals surface area (Å²) in [6.07, 6.45) is 0. The number of para-hydroxylation sites is 2. The zero-order valence-corrected chi connectivity index (χ0v) is 69.5. The fraction of sp³-hybridized carbons (Fsp3) is 0. The van der Waals surface area contributed by atoms with Gasteiger partial charge in [-0.25, -0.2) is 24.9 Å². The van der Waals surface area contributed by atoms with Gasteiger partial charge < -0.3 is 0 Å². The van der Waals surface area contributed by atoms with Crippen molar-refractivity contribution in [3.8, 4) is 144 Å². The Labute approximate surface area is 745 Å². The molecule has 20 heteroatoms. The highest BCUT2D eigenvalue weighted by Gasteiger charge is 2.31. The summed E-state index contributed by atoms with van der Waals surface area (Å²) in [6.45, 7) is 0. The molecule has 0 bridgehead atoms. The molecule has 0 spiro atoms. The van der Waals surface area contributed by atoms with Gasteiger partial charge in [-0.2, -0.15) is 49.8 Å². The molecule has 20 nitrogen and oxygen atoms in total. The molecule has 16 aromatic carbocycles. The van der Waals surface area contributed by atoms with Crippen LogP contribution in [-0.4, -0.2) is 97.6 Å². The van der Waals surface area contributed by atoms with Crippen LogP contribution in [0.3, 0.4) is 0 Å². The fourth-order valence-corrected chi connectivity index (χ4v) is 18.5. The molecule has 0 saturated heterocycles. The first kappa shape index (κ1) is 74.0. The van der Waals surface area contributed by atoms with E-state index in [4.69, 9.17) is 74.8 Å². The van der Waals surface area contributed by atoms with E-state index in [9.17, 15) is 0 Å². The summed E-state index contributed by atoms with van der Waals surface area (Å²) < 4.78 is 11.0. The highest BCUT2D eigenvalue weighted by molar-refractivity contribution is 6.26. The molecular weight excluding hydrogens is 1610 g/mol. The van der Waals surface area contributed by atoms with Gasteiger partial charge in [0.1, 0.15) is 0 Å². The lowest BCUT2D eigenvalue weighted by Crippen LogP contribution is -2.07. The first-order chi connectivity index (χ1) is 64.9. The molecule has 0 aliphatic heterocycles. The van der Waals surface area contributed by atoms with E-state index in [1.54, 1.807) is 0 Å². The quantitative estimate of drug-likeness (QED) is 0.0932. The second kappa shape index (κ2) is 30.2. The topological polar surface area (TPSA) is 218 Å². The Morgan fingerprint density at radius 1 is 0.107 bits per heavy atom. The van der Waals surface area contributed by atoms with Crippen LogP contribution in [0.1, 0.15) is 0 Å². The predicted octanol–water partition coefficient (Wildman–Crippen LogP) is 24.8. The van der Waals surface area contributed by atoms with E-state index in [-0.39, 0.29) is 0 Å². The summed E-state index contributed by atoms with van der Waals surface area (Å²) in [7, 11) is 0. The summed E-state index contributed by atoms with van der Waals surface area (Å²) in [6, 6.07) is 136. The lowest BCUT2D eigenvalue weighted by atomic mass is 10.1. The average molecular weight is 1680 g/mol. The normalized spacial score (nSPS) is 11.8. The van der Waals surface area contributed by atoms with E-state index in [1.165, 1.54) is 0 Å². The lowest BCUT2D eigenvalue weighted by molar-refractivity contribution is 0.950. The number of nitrogens with zero attached hydrogens (tertiary/aromatic N) is 20. The Morgan fingerprint density at radius 2 is 0.229 bits per heavy atom. The lowest BCUT2D eigenvalue weighted by Gasteiger charge is -2.12. The van der Waals surface area contributed by atoms with Gasteiger partial charge in [0, 0.05) is 109 Å². The third kappa shape index (κ3) is 12.5. The number of benzene rings is 16. The summed E-state index contributed by atoms with van der Waals surface area (Å²) in [5.74, 6) is 7.12. The van der Waals surface area contributed by atoms with Crippen molar-refractivity contribution >= 4 is 109 Å². The van der Waals surface area contributed by atoms with Gasteiger partial charge in [0.05, 0.1) is 55.2 Å². The third-order valence-electron chi connectivity index (χ3n) is 24.6. The minimum Gasteiger partial charge on any atom is -0.278 e. The molecule has 10 aromatic heterocycles.